The maximum atomic E-state index is 11.6. The summed E-state index contributed by atoms with van der Waals surface area (Å²) in [6.45, 7) is 5.36. The molecule has 1 atom stereocenters. The standard InChI is InChI=1S/C12H22N4OS/c1-3-13-9(2)5-4-8-18-12-15-14-11(17)16(12)10-6-7-10/h9-10,13H,3-8H2,1-2H3,(H,14,17). The van der Waals surface area contributed by atoms with Gasteiger partial charge in [-0.3, -0.25) is 4.57 Å². The zero-order valence-corrected chi connectivity index (χ0v) is 11.9. The van der Waals surface area contributed by atoms with Crippen LogP contribution in [0.1, 0.15) is 45.6 Å². The van der Waals surface area contributed by atoms with E-state index in [0.29, 0.717) is 12.1 Å². The predicted molar refractivity (Wildman–Crippen MR) is 74.2 cm³/mol. The average Bonchev–Trinajstić information content (AvgIpc) is 3.10. The first-order chi connectivity index (χ1) is 8.72. The molecule has 18 heavy (non-hydrogen) atoms. The first kappa shape index (κ1) is 13.7. The van der Waals surface area contributed by atoms with Gasteiger partial charge in [-0.05, 0) is 39.2 Å². The van der Waals surface area contributed by atoms with Gasteiger partial charge in [0.15, 0.2) is 5.16 Å². The van der Waals surface area contributed by atoms with Crippen LogP contribution in [-0.4, -0.2) is 33.1 Å². The van der Waals surface area contributed by atoms with Crippen molar-refractivity contribution in [3.8, 4) is 0 Å². The Morgan fingerprint density at radius 2 is 2.39 bits per heavy atom. The second-order valence-electron chi connectivity index (χ2n) is 4.86. The summed E-state index contributed by atoms with van der Waals surface area (Å²) >= 11 is 1.69. The molecule has 1 aromatic heterocycles. The van der Waals surface area contributed by atoms with Crippen LogP contribution < -0.4 is 11.0 Å². The lowest BCUT2D eigenvalue weighted by molar-refractivity contribution is 0.526. The van der Waals surface area contributed by atoms with Gasteiger partial charge in [-0.25, -0.2) is 9.89 Å². The SMILES string of the molecule is CCNC(C)CCCSc1n[nH]c(=O)n1C1CC1. The Balaban J connectivity index is 1.75. The lowest BCUT2D eigenvalue weighted by atomic mass is 10.2. The van der Waals surface area contributed by atoms with Crippen LogP contribution in [0.15, 0.2) is 9.95 Å². The number of aromatic nitrogens is 3. The lowest BCUT2D eigenvalue weighted by Crippen LogP contribution is -2.25. The minimum Gasteiger partial charge on any atom is -0.315 e. The molecule has 1 aliphatic rings. The van der Waals surface area contributed by atoms with Gasteiger partial charge in [0.1, 0.15) is 0 Å². The number of rotatable bonds is 8. The van der Waals surface area contributed by atoms with E-state index in [1.807, 2.05) is 4.57 Å². The Morgan fingerprint density at radius 3 is 3.06 bits per heavy atom. The molecule has 5 nitrogen and oxygen atoms in total. The Kier molecular flexibility index (Phi) is 4.88. The summed E-state index contributed by atoms with van der Waals surface area (Å²) in [4.78, 5) is 11.6. The molecule has 102 valence electrons. The molecule has 0 bridgehead atoms. The number of nitrogens with one attached hydrogen (secondary N) is 2. The molecule has 0 aliphatic heterocycles. The highest BCUT2D eigenvalue weighted by atomic mass is 32.2. The average molecular weight is 270 g/mol. The van der Waals surface area contributed by atoms with Crippen LogP contribution >= 0.6 is 11.8 Å². The Bertz CT molecular complexity index is 424. The van der Waals surface area contributed by atoms with Gasteiger partial charge >= 0.3 is 5.69 Å². The van der Waals surface area contributed by atoms with Gasteiger partial charge in [0.25, 0.3) is 0 Å². The molecule has 1 aliphatic carbocycles. The Hall–Kier alpha value is -0.750. The molecule has 1 saturated carbocycles. The molecular formula is C12H22N4OS. The van der Waals surface area contributed by atoms with E-state index in [2.05, 4.69) is 29.4 Å². The van der Waals surface area contributed by atoms with Crippen molar-refractivity contribution >= 4 is 11.8 Å². The van der Waals surface area contributed by atoms with Crippen LogP contribution in [0.2, 0.25) is 0 Å². The maximum absolute atomic E-state index is 11.6. The second kappa shape index (κ2) is 6.43. The number of H-pyrrole nitrogens is 1. The fourth-order valence-corrected chi connectivity index (χ4v) is 3.03. The highest BCUT2D eigenvalue weighted by Crippen LogP contribution is 2.36. The van der Waals surface area contributed by atoms with Gasteiger partial charge in [-0.15, -0.1) is 5.10 Å². The molecule has 0 saturated heterocycles. The molecule has 1 unspecified atom stereocenters. The number of hydrogen-bond donors (Lipinski definition) is 2. The van der Waals surface area contributed by atoms with Crippen LogP contribution in [0.4, 0.5) is 0 Å². The Morgan fingerprint density at radius 1 is 1.61 bits per heavy atom. The summed E-state index contributed by atoms with van der Waals surface area (Å²) in [7, 11) is 0. The van der Waals surface area contributed by atoms with Crippen LogP contribution in [0.5, 0.6) is 0 Å². The minimum atomic E-state index is -0.0546. The summed E-state index contributed by atoms with van der Waals surface area (Å²) in [5.74, 6) is 1.02. The molecule has 1 fully saturated rings. The van der Waals surface area contributed by atoms with E-state index in [1.54, 1.807) is 11.8 Å². The summed E-state index contributed by atoms with van der Waals surface area (Å²) < 4.78 is 1.82. The molecule has 6 heteroatoms. The fraction of sp³-hybridized carbons (Fsp3) is 0.833. The molecule has 1 aromatic rings. The predicted octanol–water partition coefficient (Wildman–Crippen LogP) is 1.78. The van der Waals surface area contributed by atoms with Crippen LogP contribution in [0.25, 0.3) is 0 Å². The smallest absolute Gasteiger partial charge is 0.315 e. The minimum absolute atomic E-state index is 0.0546. The van der Waals surface area contributed by atoms with Crippen LogP contribution in [0.3, 0.4) is 0 Å². The molecule has 2 rings (SSSR count). The van der Waals surface area contributed by atoms with E-state index < -0.39 is 0 Å². The van der Waals surface area contributed by atoms with Crippen LogP contribution in [0, 0.1) is 0 Å². The highest BCUT2D eigenvalue weighted by Gasteiger charge is 2.28. The van der Waals surface area contributed by atoms with E-state index in [0.717, 1.165) is 36.7 Å². The molecular weight excluding hydrogens is 248 g/mol. The molecule has 0 aromatic carbocycles. The van der Waals surface area contributed by atoms with Crippen molar-refractivity contribution in [3.05, 3.63) is 10.5 Å². The van der Waals surface area contributed by atoms with E-state index in [1.165, 1.54) is 6.42 Å². The summed E-state index contributed by atoms with van der Waals surface area (Å²) in [6.07, 6.45) is 4.54. The largest absolute Gasteiger partial charge is 0.344 e. The van der Waals surface area contributed by atoms with Crippen molar-refractivity contribution < 1.29 is 0 Å². The molecule has 0 radical (unpaired) electrons. The molecule has 1 heterocycles. The van der Waals surface area contributed by atoms with Gasteiger partial charge in [-0.1, -0.05) is 18.7 Å². The quantitative estimate of drug-likeness (QED) is 0.558. The number of thioether (sulfide) groups is 1. The van der Waals surface area contributed by atoms with Crippen molar-refractivity contribution in [1.29, 1.82) is 0 Å². The zero-order valence-electron chi connectivity index (χ0n) is 11.1. The van der Waals surface area contributed by atoms with Crippen molar-refractivity contribution in [2.45, 2.75) is 56.8 Å². The van der Waals surface area contributed by atoms with Crippen molar-refractivity contribution in [3.63, 3.8) is 0 Å². The van der Waals surface area contributed by atoms with Crippen molar-refractivity contribution in [1.82, 2.24) is 20.1 Å². The first-order valence-electron chi connectivity index (χ1n) is 6.75. The first-order valence-corrected chi connectivity index (χ1v) is 7.74. The van der Waals surface area contributed by atoms with Gasteiger partial charge < -0.3 is 5.32 Å². The van der Waals surface area contributed by atoms with Gasteiger partial charge in [0.2, 0.25) is 0 Å². The van der Waals surface area contributed by atoms with Crippen molar-refractivity contribution in [2.24, 2.45) is 0 Å². The van der Waals surface area contributed by atoms with E-state index in [9.17, 15) is 4.79 Å². The summed E-state index contributed by atoms with van der Waals surface area (Å²) in [5, 5.41) is 10.9. The number of aromatic amines is 1. The van der Waals surface area contributed by atoms with Crippen molar-refractivity contribution in [2.75, 3.05) is 12.3 Å². The zero-order chi connectivity index (χ0) is 13.0. The summed E-state index contributed by atoms with van der Waals surface area (Å²) in [5.41, 5.74) is -0.0546. The summed E-state index contributed by atoms with van der Waals surface area (Å²) in [6, 6.07) is 0.972. The normalized spacial score (nSPS) is 17.0. The van der Waals surface area contributed by atoms with Crippen LogP contribution in [-0.2, 0) is 0 Å². The lowest BCUT2D eigenvalue weighted by Gasteiger charge is -2.11. The molecule has 2 N–H and O–H groups in total. The highest BCUT2D eigenvalue weighted by molar-refractivity contribution is 7.99. The van der Waals surface area contributed by atoms with Gasteiger partial charge in [-0.2, -0.15) is 0 Å². The topological polar surface area (TPSA) is 62.7 Å². The second-order valence-corrected chi connectivity index (χ2v) is 5.92. The fourth-order valence-electron chi connectivity index (χ4n) is 2.05. The monoisotopic (exact) mass is 270 g/mol. The third-order valence-electron chi connectivity index (χ3n) is 3.15. The third kappa shape index (κ3) is 3.62. The van der Waals surface area contributed by atoms with E-state index in [4.69, 9.17) is 0 Å². The van der Waals surface area contributed by atoms with Gasteiger partial charge in [0, 0.05) is 17.8 Å². The number of hydrogen-bond acceptors (Lipinski definition) is 4. The number of nitrogens with zero attached hydrogens (tertiary/aromatic N) is 2. The molecule has 0 amide bonds. The van der Waals surface area contributed by atoms with E-state index in [-0.39, 0.29) is 5.69 Å². The Labute approximate surface area is 112 Å². The third-order valence-corrected chi connectivity index (χ3v) is 4.19. The van der Waals surface area contributed by atoms with Gasteiger partial charge in [0.05, 0.1) is 0 Å². The van der Waals surface area contributed by atoms with E-state index >= 15 is 0 Å². The molecule has 0 spiro atoms. The maximum Gasteiger partial charge on any atom is 0.344 e.